The molecule has 230 valence electrons. The lowest BCUT2D eigenvalue weighted by Gasteiger charge is -2.35. The van der Waals surface area contributed by atoms with E-state index in [9.17, 15) is 30.8 Å². The van der Waals surface area contributed by atoms with Gasteiger partial charge in [-0.1, -0.05) is 12.1 Å². The van der Waals surface area contributed by atoms with Crippen LogP contribution in [0, 0.1) is 5.82 Å². The van der Waals surface area contributed by atoms with Gasteiger partial charge in [-0.2, -0.15) is 4.31 Å². The molecule has 2 aromatic carbocycles. The summed E-state index contributed by atoms with van der Waals surface area (Å²) in [6, 6.07) is 11.0. The molecule has 2 amide bonds. The molecule has 0 bridgehead atoms. The Hall–Kier alpha value is -3.07. The van der Waals surface area contributed by atoms with E-state index in [1.54, 1.807) is 7.11 Å². The van der Waals surface area contributed by atoms with Gasteiger partial charge in [-0.15, -0.1) is 0 Å². The first-order chi connectivity index (χ1) is 19.7. The van der Waals surface area contributed by atoms with Crippen LogP contribution >= 0.6 is 0 Å². The van der Waals surface area contributed by atoms with Gasteiger partial charge in [0.25, 0.3) is 5.91 Å². The van der Waals surface area contributed by atoms with Crippen LogP contribution in [0.2, 0.25) is 0 Å². The third-order valence-corrected chi connectivity index (χ3v) is 10.8. The fourth-order valence-corrected chi connectivity index (χ4v) is 7.33. The minimum atomic E-state index is -3.83. The quantitative estimate of drug-likeness (QED) is 0.356. The molecule has 14 heteroatoms. The van der Waals surface area contributed by atoms with Crippen molar-refractivity contribution in [3.63, 3.8) is 0 Å². The van der Waals surface area contributed by atoms with E-state index in [-0.39, 0.29) is 55.5 Å². The second kappa shape index (κ2) is 12.7. The van der Waals surface area contributed by atoms with Crippen molar-refractivity contribution in [1.82, 2.24) is 19.8 Å². The summed E-state index contributed by atoms with van der Waals surface area (Å²) >= 11 is 0. The number of nitrogens with one attached hydrogen (secondary N) is 2. The van der Waals surface area contributed by atoms with Gasteiger partial charge in [0.15, 0.2) is 9.84 Å². The van der Waals surface area contributed by atoms with Crippen molar-refractivity contribution in [2.45, 2.75) is 30.8 Å². The number of carbonyl (C=O) groups excluding carboxylic acids is 2. The van der Waals surface area contributed by atoms with Crippen LogP contribution in [0.25, 0.3) is 0 Å². The Balaban J connectivity index is 1.39. The highest BCUT2D eigenvalue weighted by Crippen LogP contribution is 2.51. The van der Waals surface area contributed by atoms with E-state index in [0.29, 0.717) is 0 Å². The molecule has 2 fully saturated rings. The Labute approximate surface area is 246 Å². The molecular formula is C28H37FN4O7S2. The average Bonchev–Trinajstić information content (AvgIpc) is 3.62. The van der Waals surface area contributed by atoms with Crippen molar-refractivity contribution in [3.8, 4) is 5.75 Å². The Morgan fingerprint density at radius 3 is 2.21 bits per heavy atom. The number of carbonyl (C=O) groups is 2. The van der Waals surface area contributed by atoms with Gasteiger partial charge in [-0.3, -0.25) is 9.59 Å². The summed E-state index contributed by atoms with van der Waals surface area (Å²) < 4.78 is 69.9. The van der Waals surface area contributed by atoms with E-state index in [0.717, 1.165) is 36.1 Å². The van der Waals surface area contributed by atoms with Crippen LogP contribution in [0.3, 0.4) is 0 Å². The lowest BCUT2D eigenvalue weighted by Crippen LogP contribution is -2.57. The minimum Gasteiger partial charge on any atom is -0.497 e. The maximum atomic E-state index is 13.4. The second-order valence-corrected chi connectivity index (χ2v) is 15.2. The fourth-order valence-electron chi connectivity index (χ4n) is 5.19. The smallest absolute Gasteiger partial charge is 0.251 e. The van der Waals surface area contributed by atoms with E-state index in [4.69, 9.17) is 4.74 Å². The first kappa shape index (κ1) is 31.9. The van der Waals surface area contributed by atoms with Crippen molar-refractivity contribution < 1.29 is 35.6 Å². The van der Waals surface area contributed by atoms with E-state index >= 15 is 0 Å². The fraction of sp³-hybridized carbons (Fsp3) is 0.500. The number of hydrogen-bond donors (Lipinski definition) is 2. The van der Waals surface area contributed by atoms with E-state index in [1.165, 1.54) is 21.3 Å². The highest BCUT2D eigenvalue weighted by molar-refractivity contribution is 7.91. The summed E-state index contributed by atoms with van der Waals surface area (Å²) in [6.07, 6.45) is 1.92. The third-order valence-electron chi connectivity index (χ3n) is 7.85. The molecule has 2 N–H and O–H groups in total. The van der Waals surface area contributed by atoms with Gasteiger partial charge in [0, 0.05) is 49.7 Å². The van der Waals surface area contributed by atoms with Crippen LogP contribution in [0.4, 0.5) is 4.39 Å². The van der Waals surface area contributed by atoms with Crippen molar-refractivity contribution in [2.75, 3.05) is 57.6 Å². The summed E-state index contributed by atoms with van der Waals surface area (Å²) in [4.78, 5) is 27.7. The van der Waals surface area contributed by atoms with Crippen molar-refractivity contribution in [1.29, 1.82) is 0 Å². The van der Waals surface area contributed by atoms with Gasteiger partial charge in [-0.25, -0.2) is 21.2 Å². The predicted octanol–water partition coefficient (Wildman–Crippen LogP) is 0.987. The molecule has 0 aromatic heterocycles. The number of methoxy groups -OCH3 is 1. The van der Waals surface area contributed by atoms with Gasteiger partial charge >= 0.3 is 0 Å². The molecule has 42 heavy (non-hydrogen) atoms. The molecule has 1 heterocycles. The van der Waals surface area contributed by atoms with Crippen LogP contribution in [0.5, 0.6) is 5.75 Å². The monoisotopic (exact) mass is 624 g/mol. The summed E-state index contributed by atoms with van der Waals surface area (Å²) in [6.45, 7) is 2.43. The Bertz CT molecular complexity index is 1490. The molecule has 2 aliphatic rings. The number of piperazine rings is 1. The number of sulfone groups is 1. The van der Waals surface area contributed by atoms with Crippen molar-refractivity contribution >= 4 is 31.7 Å². The zero-order valence-electron chi connectivity index (χ0n) is 23.9. The summed E-state index contributed by atoms with van der Waals surface area (Å²) in [7, 11) is -5.66. The maximum Gasteiger partial charge on any atom is 0.251 e. The topological polar surface area (TPSA) is 142 Å². The Morgan fingerprint density at radius 2 is 1.64 bits per heavy atom. The molecule has 1 saturated carbocycles. The molecule has 4 rings (SSSR count). The summed E-state index contributed by atoms with van der Waals surface area (Å²) in [5.74, 6) is -1.79. The van der Waals surface area contributed by atoms with Gasteiger partial charge in [0.1, 0.15) is 17.6 Å². The van der Waals surface area contributed by atoms with E-state index < -0.39 is 49.3 Å². The summed E-state index contributed by atoms with van der Waals surface area (Å²) in [5.41, 5.74) is 0.926. The third kappa shape index (κ3) is 8.06. The highest BCUT2D eigenvalue weighted by atomic mass is 32.2. The number of sulfonamides is 1. The number of nitrogens with zero attached hydrogens (tertiary/aromatic N) is 2. The van der Waals surface area contributed by atoms with Gasteiger partial charge in [0.05, 0.1) is 24.9 Å². The Morgan fingerprint density at radius 1 is 1.02 bits per heavy atom. The lowest BCUT2D eigenvalue weighted by atomic mass is 10.1. The second-order valence-electron chi connectivity index (χ2n) is 11.0. The molecule has 0 spiro atoms. The molecule has 1 aliphatic heterocycles. The molecular weight excluding hydrogens is 587 g/mol. The molecule has 1 aliphatic carbocycles. The van der Waals surface area contributed by atoms with Gasteiger partial charge < -0.3 is 20.3 Å². The largest absolute Gasteiger partial charge is 0.497 e. The van der Waals surface area contributed by atoms with E-state index in [1.807, 2.05) is 31.2 Å². The number of hydrogen-bond acceptors (Lipinski definition) is 8. The first-order valence-corrected chi connectivity index (χ1v) is 17.3. The number of ether oxygens (including phenoxy) is 1. The van der Waals surface area contributed by atoms with Gasteiger partial charge in [-0.05, 0) is 55.3 Å². The predicted molar refractivity (Wildman–Crippen MR) is 156 cm³/mol. The molecule has 2 aromatic rings. The van der Waals surface area contributed by atoms with E-state index in [2.05, 4.69) is 10.6 Å². The number of rotatable bonds is 12. The zero-order chi connectivity index (χ0) is 30.7. The van der Waals surface area contributed by atoms with Crippen molar-refractivity contribution in [3.05, 3.63) is 65.5 Å². The maximum absolute atomic E-state index is 13.4. The molecule has 11 nitrogen and oxygen atoms in total. The standard InChI is InChI=1S/C28H37FN4O7S2/c1-28(18-24(28)20-6-10-23(40-2)11-7-20)30-12-17-42(38,39)19-25(31-26(34)21-4-8-22(29)9-5-21)27(35)32-13-15-33(16-14-32)41(3,36)37/h4-11,24-25,30H,12-19H2,1-3H3,(H,31,34)/t24-,25+,28?/m0/s1. The summed E-state index contributed by atoms with van der Waals surface area (Å²) in [5, 5.41) is 5.84. The van der Waals surface area contributed by atoms with Crippen molar-refractivity contribution in [2.24, 2.45) is 0 Å². The first-order valence-electron chi connectivity index (χ1n) is 13.6. The molecule has 0 radical (unpaired) electrons. The van der Waals surface area contributed by atoms with Crippen LogP contribution in [0.1, 0.15) is 35.2 Å². The average molecular weight is 625 g/mol. The lowest BCUT2D eigenvalue weighted by molar-refractivity contribution is -0.133. The van der Waals surface area contributed by atoms with Crippen LogP contribution in [0.15, 0.2) is 48.5 Å². The minimum absolute atomic E-state index is 0.0571. The SMILES string of the molecule is COc1ccc([C@@H]2CC2(C)NCCS(=O)(=O)C[C@@H](NC(=O)c2ccc(F)cc2)C(=O)N2CCN(S(C)(=O)=O)CC2)cc1. The normalized spacial score (nSPS) is 21.9. The van der Waals surface area contributed by atoms with Crippen LogP contribution in [-0.4, -0.2) is 107 Å². The number of benzene rings is 2. The zero-order valence-corrected chi connectivity index (χ0v) is 25.5. The highest BCUT2D eigenvalue weighted by Gasteiger charge is 2.50. The van der Waals surface area contributed by atoms with Crippen LogP contribution < -0.4 is 15.4 Å². The Kier molecular flexibility index (Phi) is 9.60. The molecule has 3 atom stereocenters. The number of halogens is 1. The van der Waals surface area contributed by atoms with Gasteiger partial charge in [0.2, 0.25) is 15.9 Å². The van der Waals surface area contributed by atoms with Crippen LogP contribution in [-0.2, 0) is 24.7 Å². The number of amides is 2. The molecule has 1 saturated heterocycles. The molecule has 1 unspecified atom stereocenters.